The van der Waals surface area contributed by atoms with Crippen LogP contribution in [0, 0.1) is 18.7 Å². The number of aromatic nitrogens is 2. The van der Waals surface area contributed by atoms with Crippen molar-refractivity contribution in [2.75, 3.05) is 45.2 Å². The minimum absolute atomic E-state index is 0.0182. The average Bonchev–Trinajstić information content (AvgIpc) is 3.40. The van der Waals surface area contributed by atoms with Gasteiger partial charge < -0.3 is 25.0 Å². The van der Waals surface area contributed by atoms with Crippen molar-refractivity contribution >= 4 is 22.6 Å². The molecule has 2 aromatic carbocycles. The van der Waals surface area contributed by atoms with Gasteiger partial charge in [0.2, 0.25) is 5.91 Å². The summed E-state index contributed by atoms with van der Waals surface area (Å²) in [5, 5.41) is 15.6. The first-order chi connectivity index (χ1) is 19.1. The number of piperidine rings is 1. The molecule has 0 spiro atoms. The third-order valence-corrected chi connectivity index (χ3v) is 8.36. The maximum Gasteiger partial charge on any atom is 0.266 e. The van der Waals surface area contributed by atoms with Gasteiger partial charge in [-0.2, -0.15) is 0 Å². The van der Waals surface area contributed by atoms with Gasteiger partial charge in [-0.15, -0.1) is 0 Å². The van der Waals surface area contributed by atoms with Crippen LogP contribution in [-0.4, -0.2) is 70.6 Å². The number of carbonyl (C=O) groups excluding carboxylic acids is 1. The van der Waals surface area contributed by atoms with Crippen molar-refractivity contribution in [2.24, 2.45) is 5.92 Å². The van der Waals surface area contributed by atoms with Gasteiger partial charge in [0.25, 0.3) is 6.43 Å². The highest BCUT2D eigenvalue weighted by atomic mass is 19.3. The van der Waals surface area contributed by atoms with Crippen molar-refractivity contribution in [3.05, 3.63) is 58.2 Å². The first-order valence-electron chi connectivity index (χ1n) is 13.6. The van der Waals surface area contributed by atoms with Gasteiger partial charge in [0.05, 0.1) is 29.2 Å². The topological polar surface area (TPSA) is 90.8 Å². The second-order valence-corrected chi connectivity index (χ2v) is 11.1. The van der Waals surface area contributed by atoms with Crippen molar-refractivity contribution in [2.45, 2.75) is 44.8 Å². The van der Waals surface area contributed by atoms with E-state index in [1.165, 1.54) is 12.1 Å². The molecule has 0 saturated carbocycles. The molecule has 6 rings (SSSR count). The Morgan fingerprint density at radius 1 is 1.25 bits per heavy atom. The number of fused-ring (bicyclic) bond motifs is 3. The van der Waals surface area contributed by atoms with Crippen molar-refractivity contribution in [1.82, 2.24) is 19.8 Å². The SMILES string of the molecule is Cc1nc(NCc2cccc(C(F)F)c2F)c2cc(C3(O)CCN(C(=O)C4CN(C)C4)CC3)c3c(c2n1)CCO3. The van der Waals surface area contributed by atoms with Crippen LogP contribution in [-0.2, 0) is 23.4 Å². The number of aliphatic hydroxyl groups is 1. The molecule has 212 valence electrons. The van der Waals surface area contributed by atoms with E-state index in [9.17, 15) is 23.1 Å². The van der Waals surface area contributed by atoms with Crippen LogP contribution in [0.5, 0.6) is 5.75 Å². The standard InChI is InChI=1S/C29H32F3N5O3/c1-16-34-24-20-6-11-40-25(20)22(29(39)7-9-37(10-8-29)28(38)18-14-36(2)15-18)12-21(24)27(35-16)33-13-17-4-3-5-19(23(17)30)26(31)32/h3-5,12,18,26,39H,6-11,13-15H2,1-2H3,(H,33,34,35). The van der Waals surface area contributed by atoms with Gasteiger partial charge >= 0.3 is 0 Å². The number of likely N-dealkylation sites (tertiary alicyclic amines) is 2. The number of benzene rings is 2. The summed E-state index contributed by atoms with van der Waals surface area (Å²) < 4.78 is 47.2. The van der Waals surface area contributed by atoms with Crippen molar-refractivity contribution in [3.8, 4) is 5.75 Å². The summed E-state index contributed by atoms with van der Waals surface area (Å²) in [7, 11) is 1.99. The number of hydrogen-bond donors (Lipinski definition) is 2. The van der Waals surface area contributed by atoms with E-state index < -0.39 is 23.4 Å². The zero-order chi connectivity index (χ0) is 28.2. The van der Waals surface area contributed by atoms with E-state index in [0.29, 0.717) is 72.8 Å². The van der Waals surface area contributed by atoms with Crippen LogP contribution >= 0.6 is 0 Å². The minimum atomic E-state index is -2.91. The van der Waals surface area contributed by atoms with E-state index >= 15 is 0 Å². The van der Waals surface area contributed by atoms with Crippen LogP contribution in [0.1, 0.15) is 47.3 Å². The van der Waals surface area contributed by atoms with Gasteiger partial charge in [-0.3, -0.25) is 4.79 Å². The molecule has 1 aromatic heterocycles. The summed E-state index contributed by atoms with van der Waals surface area (Å²) >= 11 is 0. The zero-order valence-corrected chi connectivity index (χ0v) is 22.5. The normalized spacial score (nSPS) is 19.0. The average molecular weight is 556 g/mol. The summed E-state index contributed by atoms with van der Waals surface area (Å²) in [6, 6.07) is 5.77. The molecule has 2 saturated heterocycles. The fourth-order valence-electron chi connectivity index (χ4n) is 6.12. The largest absolute Gasteiger partial charge is 0.492 e. The molecular weight excluding hydrogens is 523 g/mol. The Bertz CT molecular complexity index is 1470. The number of amides is 1. The Kier molecular flexibility index (Phi) is 6.82. The number of aryl methyl sites for hydroxylation is 1. The number of nitrogens with one attached hydrogen (secondary N) is 1. The van der Waals surface area contributed by atoms with Crippen LogP contribution in [0.4, 0.5) is 19.0 Å². The lowest BCUT2D eigenvalue weighted by Crippen LogP contribution is -2.55. The molecule has 2 N–H and O–H groups in total. The maximum atomic E-state index is 14.7. The Hall–Kier alpha value is -3.44. The first-order valence-corrected chi connectivity index (χ1v) is 13.6. The molecule has 3 aromatic rings. The number of alkyl halides is 2. The molecule has 0 radical (unpaired) electrons. The van der Waals surface area contributed by atoms with Gasteiger partial charge in [0.15, 0.2) is 0 Å². The number of hydrogen-bond acceptors (Lipinski definition) is 7. The molecule has 0 aliphatic carbocycles. The number of halogens is 3. The van der Waals surface area contributed by atoms with Crippen LogP contribution in [0.25, 0.3) is 10.9 Å². The van der Waals surface area contributed by atoms with Crippen molar-refractivity contribution in [1.29, 1.82) is 0 Å². The fourth-order valence-corrected chi connectivity index (χ4v) is 6.12. The van der Waals surface area contributed by atoms with E-state index in [1.54, 1.807) is 6.92 Å². The first kappa shape index (κ1) is 26.8. The van der Waals surface area contributed by atoms with Crippen LogP contribution in [0.2, 0.25) is 0 Å². The van der Waals surface area contributed by atoms with E-state index in [2.05, 4.69) is 20.2 Å². The van der Waals surface area contributed by atoms with E-state index in [-0.39, 0.29) is 23.9 Å². The van der Waals surface area contributed by atoms with Crippen molar-refractivity contribution < 1.29 is 27.8 Å². The van der Waals surface area contributed by atoms with Crippen LogP contribution in [0.15, 0.2) is 24.3 Å². The second kappa shape index (κ2) is 10.2. The minimum Gasteiger partial charge on any atom is -0.492 e. The molecule has 0 unspecified atom stereocenters. The van der Waals surface area contributed by atoms with Gasteiger partial charge in [0.1, 0.15) is 23.2 Å². The lowest BCUT2D eigenvalue weighted by molar-refractivity contribution is -0.145. The van der Waals surface area contributed by atoms with Gasteiger partial charge in [0, 0.05) is 61.2 Å². The number of anilines is 1. The highest BCUT2D eigenvalue weighted by Crippen LogP contribution is 2.46. The molecule has 3 aliphatic heterocycles. The van der Waals surface area contributed by atoms with Gasteiger partial charge in [-0.25, -0.2) is 23.1 Å². The fraction of sp³-hybridized carbons (Fsp3) is 0.483. The van der Waals surface area contributed by atoms with Crippen LogP contribution in [0.3, 0.4) is 0 Å². The molecule has 2 fully saturated rings. The number of nitrogens with zero attached hydrogens (tertiary/aromatic N) is 4. The molecule has 1 amide bonds. The Morgan fingerprint density at radius 2 is 2.00 bits per heavy atom. The third-order valence-electron chi connectivity index (χ3n) is 8.36. The summed E-state index contributed by atoms with van der Waals surface area (Å²) in [6.45, 7) is 4.55. The zero-order valence-electron chi connectivity index (χ0n) is 22.5. The predicted octanol–water partition coefficient (Wildman–Crippen LogP) is 3.93. The van der Waals surface area contributed by atoms with Gasteiger partial charge in [-0.1, -0.05) is 18.2 Å². The molecule has 0 bridgehead atoms. The summed E-state index contributed by atoms with van der Waals surface area (Å²) in [6.07, 6.45) is -1.58. The second-order valence-electron chi connectivity index (χ2n) is 11.1. The van der Waals surface area contributed by atoms with Gasteiger partial charge in [-0.05, 0) is 32.9 Å². The Morgan fingerprint density at radius 3 is 2.70 bits per heavy atom. The molecular formula is C29H32F3N5O3. The molecule has 8 nitrogen and oxygen atoms in total. The highest BCUT2D eigenvalue weighted by Gasteiger charge is 2.42. The van der Waals surface area contributed by atoms with Crippen LogP contribution < -0.4 is 10.1 Å². The molecule has 0 atom stereocenters. The number of carbonyl (C=O) groups is 1. The smallest absolute Gasteiger partial charge is 0.266 e. The quantitative estimate of drug-likeness (QED) is 0.476. The maximum absolute atomic E-state index is 14.7. The lowest BCUT2D eigenvalue weighted by Gasteiger charge is -2.43. The number of ether oxygens (including phenoxy) is 1. The predicted molar refractivity (Wildman–Crippen MR) is 143 cm³/mol. The third kappa shape index (κ3) is 4.64. The lowest BCUT2D eigenvalue weighted by atomic mass is 9.81. The summed E-state index contributed by atoms with van der Waals surface area (Å²) in [5.41, 5.74) is 0.423. The number of rotatable bonds is 6. The monoisotopic (exact) mass is 555 g/mol. The molecule has 11 heteroatoms. The van der Waals surface area contributed by atoms with E-state index in [1.807, 2.05) is 18.0 Å². The summed E-state index contributed by atoms with van der Waals surface area (Å²) in [4.78, 5) is 26.0. The molecule has 3 aliphatic rings. The molecule has 40 heavy (non-hydrogen) atoms. The van der Waals surface area contributed by atoms with Crippen molar-refractivity contribution in [3.63, 3.8) is 0 Å². The highest BCUT2D eigenvalue weighted by molar-refractivity contribution is 5.94. The van der Waals surface area contributed by atoms with E-state index in [0.717, 1.165) is 24.7 Å². The Labute approximate surface area is 230 Å². The molecule has 4 heterocycles. The summed E-state index contributed by atoms with van der Waals surface area (Å²) in [5.74, 6) is 0.745. The van der Waals surface area contributed by atoms with E-state index in [4.69, 9.17) is 4.74 Å². The Balaban J connectivity index is 1.32.